The largest absolute Gasteiger partial charge is 0.467 e. The molecule has 0 radical (unpaired) electrons. The number of anilines is 2. The van der Waals surface area contributed by atoms with E-state index >= 15 is 0 Å². The fraction of sp³-hybridized carbons (Fsp3) is 0.667. The maximum absolute atomic E-state index is 12.5. The fourth-order valence-corrected chi connectivity index (χ4v) is 1.38. The molecule has 1 aromatic rings. The van der Waals surface area contributed by atoms with Crippen LogP contribution in [-0.2, 0) is 0 Å². The lowest BCUT2D eigenvalue weighted by Crippen LogP contribution is -2.36. The van der Waals surface area contributed by atoms with Gasteiger partial charge in [-0.2, -0.15) is 28.1 Å². The second-order valence-electron chi connectivity index (χ2n) is 3.63. The van der Waals surface area contributed by atoms with Crippen LogP contribution in [-0.4, -0.2) is 41.3 Å². The second kappa shape index (κ2) is 6.36. The van der Waals surface area contributed by atoms with Crippen LogP contribution in [0.2, 0.25) is 0 Å². The standard InChI is InChI=1S/C9H15F3N6O/c1-3-4-18(5-9(10,11)12)7-14-6(17-13)15-8(16-7)19-2/h3-5,13H2,1-2H3,(H,14,15,16,17). The molecular weight excluding hydrogens is 265 g/mol. The molecule has 0 bridgehead atoms. The van der Waals surface area contributed by atoms with Gasteiger partial charge in [0.2, 0.25) is 11.9 Å². The minimum Gasteiger partial charge on any atom is -0.467 e. The van der Waals surface area contributed by atoms with E-state index in [0.717, 1.165) is 4.90 Å². The molecule has 0 aliphatic heterocycles. The number of aromatic nitrogens is 3. The van der Waals surface area contributed by atoms with E-state index in [-0.39, 0.29) is 24.5 Å². The molecule has 19 heavy (non-hydrogen) atoms. The van der Waals surface area contributed by atoms with Gasteiger partial charge < -0.3 is 9.64 Å². The Morgan fingerprint density at radius 2 is 2.00 bits per heavy atom. The number of alkyl halides is 3. The van der Waals surface area contributed by atoms with Crippen molar-refractivity contribution in [2.75, 3.05) is 30.5 Å². The van der Waals surface area contributed by atoms with Crippen molar-refractivity contribution in [2.45, 2.75) is 19.5 Å². The van der Waals surface area contributed by atoms with Gasteiger partial charge in [-0.15, -0.1) is 0 Å². The zero-order chi connectivity index (χ0) is 14.5. The number of nitrogens with two attached hydrogens (primary N) is 1. The van der Waals surface area contributed by atoms with Crippen molar-refractivity contribution < 1.29 is 17.9 Å². The average molecular weight is 280 g/mol. The van der Waals surface area contributed by atoms with Crippen LogP contribution in [0.3, 0.4) is 0 Å². The maximum atomic E-state index is 12.5. The lowest BCUT2D eigenvalue weighted by atomic mass is 10.4. The molecule has 0 atom stereocenters. The van der Waals surface area contributed by atoms with Gasteiger partial charge in [0.1, 0.15) is 6.54 Å². The summed E-state index contributed by atoms with van der Waals surface area (Å²) in [4.78, 5) is 12.3. The van der Waals surface area contributed by atoms with Crippen molar-refractivity contribution >= 4 is 11.9 Å². The van der Waals surface area contributed by atoms with Gasteiger partial charge in [-0.05, 0) is 6.42 Å². The Balaban J connectivity index is 3.06. The number of halogens is 3. The topological polar surface area (TPSA) is 89.2 Å². The lowest BCUT2D eigenvalue weighted by molar-refractivity contribution is -0.119. The monoisotopic (exact) mass is 280 g/mol. The highest BCUT2D eigenvalue weighted by molar-refractivity contribution is 5.37. The molecule has 1 aromatic heterocycles. The van der Waals surface area contributed by atoms with E-state index in [0.29, 0.717) is 6.42 Å². The van der Waals surface area contributed by atoms with Crippen molar-refractivity contribution in [3.63, 3.8) is 0 Å². The first-order valence-electron chi connectivity index (χ1n) is 5.48. The van der Waals surface area contributed by atoms with Gasteiger partial charge in [-0.25, -0.2) is 5.84 Å². The number of nitrogens with one attached hydrogen (secondary N) is 1. The minimum atomic E-state index is -4.36. The Morgan fingerprint density at radius 3 is 2.47 bits per heavy atom. The molecule has 1 rings (SSSR count). The van der Waals surface area contributed by atoms with E-state index < -0.39 is 12.7 Å². The number of nitrogen functional groups attached to an aromatic ring is 1. The molecule has 0 amide bonds. The number of ether oxygens (including phenoxy) is 1. The SMILES string of the molecule is CCCN(CC(F)(F)F)c1nc(NN)nc(OC)n1. The lowest BCUT2D eigenvalue weighted by Gasteiger charge is -2.23. The first-order chi connectivity index (χ1) is 8.89. The van der Waals surface area contributed by atoms with Crippen LogP contribution in [0.1, 0.15) is 13.3 Å². The summed E-state index contributed by atoms with van der Waals surface area (Å²) in [6.45, 7) is 0.749. The minimum absolute atomic E-state index is 0.0647. The van der Waals surface area contributed by atoms with E-state index in [1.807, 2.05) is 0 Å². The zero-order valence-electron chi connectivity index (χ0n) is 10.5. The molecule has 7 nitrogen and oxygen atoms in total. The number of hydrogen-bond acceptors (Lipinski definition) is 7. The Labute approximate surface area is 108 Å². The fourth-order valence-electron chi connectivity index (χ4n) is 1.38. The van der Waals surface area contributed by atoms with Crippen LogP contribution in [0.25, 0.3) is 0 Å². The molecule has 0 unspecified atom stereocenters. The molecule has 108 valence electrons. The van der Waals surface area contributed by atoms with Crippen LogP contribution in [0.15, 0.2) is 0 Å². The van der Waals surface area contributed by atoms with Crippen molar-refractivity contribution in [3.8, 4) is 6.01 Å². The molecule has 1 heterocycles. The van der Waals surface area contributed by atoms with Crippen LogP contribution < -0.4 is 20.9 Å². The summed E-state index contributed by atoms with van der Waals surface area (Å²) in [6.07, 6.45) is -3.85. The molecule has 10 heteroatoms. The van der Waals surface area contributed by atoms with Gasteiger partial charge in [0, 0.05) is 6.54 Å². The quantitative estimate of drug-likeness (QED) is 0.592. The first kappa shape index (κ1) is 15.2. The number of hydrazine groups is 1. The Kier molecular flexibility index (Phi) is 5.10. The summed E-state index contributed by atoms with van der Waals surface area (Å²) in [5, 5.41) is 0. The number of hydrogen-bond donors (Lipinski definition) is 2. The van der Waals surface area contributed by atoms with Gasteiger partial charge >= 0.3 is 12.2 Å². The van der Waals surface area contributed by atoms with E-state index in [1.165, 1.54) is 7.11 Å². The molecule has 0 aromatic carbocycles. The van der Waals surface area contributed by atoms with Gasteiger partial charge in [0.25, 0.3) is 0 Å². The number of nitrogens with zero attached hydrogens (tertiary/aromatic N) is 4. The third-order valence-electron chi connectivity index (χ3n) is 2.06. The predicted octanol–water partition coefficient (Wildman–Crippen LogP) is 0.945. The maximum Gasteiger partial charge on any atom is 0.406 e. The summed E-state index contributed by atoms with van der Waals surface area (Å²) < 4.78 is 42.3. The normalized spacial score (nSPS) is 11.3. The van der Waals surface area contributed by atoms with Crippen molar-refractivity contribution in [1.29, 1.82) is 0 Å². The second-order valence-corrected chi connectivity index (χ2v) is 3.63. The Morgan fingerprint density at radius 1 is 1.32 bits per heavy atom. The van der Waals surface area contributed by atoms with Crippen LogP contribution in [0.4, 0.5) is 25.1 Å². The van der Waals surface area contributed by atoms with Crippen molar-refractivity contribution in [2.24, 2.45) is 5.84 Å². The van der Waals surface area contributed by atoms with Gasteiger partial charge in [0.05, 0.1) is 7.11 Å². The number of methoxy groups -OCH3 is 1. The summed E-state index contributed by atoms with van der Waals surface area (Å²) >= 11 is 0. The van der Waals surface area contributed by atoms with Gasteiger partial charge in [-0.1, -0.05) is 6.92 Å². The van der Waals surface area contributed by atoms with E-state index in [1.54, 1.807) is 6.92 Å². The summed E-state index contributed by atoms with van der Waals surface area (Å²) in [6, 6.07) is -0.110. The molecule has 0 spiro atoms. The highest BCUT2D eigenvalue weighted by atomic mass is 19.4. The van der Waals surface area contributed by atoms with Gasteiger partial charge in [0.15, 0.2) is 0 Å². The third kappa shape index (κ3) is 4.73. The molecule has 0 aliphatic rings. The van der Waals surface area contributed by atoms with Crippen LogP contribution in [0, 0.1) is 0 Å². The third-order valence-corrected chi connectivity index (χ3v) is 2.06. The molecule has 0 fully saturated rings. The van der Waals surface area contributed by atoms with E-state index in [2.05, 4.69) is 20.4 Å². The molecule has 0 aliphatic carbocycles. The average Bonchev–Trinajstić information content (AvgIpc) is 2.36. The smallest absolute Gasteiger partial charge is 0.406 e. The zero-order valence-corrected chi connectivity index (χ0v) is 10.5. The molecule has 3 N–H and O–H groups in total. The highest BCUT2D eigenvalue weighted by Gasteiger charge is 2.32. The highest BCUT2D eigenvalue weighted by Crippen LogP contribution is 2.21. The summed E-state index contributed by atoms with van der Waals surface area (Å²) in [7, 11) is 1.30. The predicted molar refractivity (Wildman–Crippen MR) is 62.7 cm³/mol. The Hall–Kier alpha value is -1.84. The van der Waals surface area contributed by atoms with Crippen molar-refractivity contribution in [3.05, 3.63) is 0 Å². The van der Waals surface area contributed by atoms with Crippen LogP contribution in [0.5, 0.6) is 6.01 Å². The van der Waals surface area contributed by atoms with E-state index in [4.69, 9.17) is 10.6 Å². The number of rotatable bonds is 6. The molecule has 0 saturated heterocycles. The Bertz CT molecular complexity index is 391. The summed E-state index contributed by atoms with van der Waals surface area (Å²) in [5.74, 6) is 4.94. The molecule has 0 saturated carbocycles. The first-order valence-corrected chi connectivity index (χ1v) is 5.48. The van der Waals surface area contributed by atoms with E-state index in [9.17, 15) is 13.2 Å². The molecular formula is C9H15F3N6O. The van der Waals surface area contributed by atoms with Crippen LogP contribution >= 0.6 is 0 Å². The van der Waals surface area contributed by atoms with Gasteiger partial charge in [-0.3, -0.25) is 5.43 Å². The van der Waals surface area contributed by atoms with Crippen molar-refractivity contribution in [1.82, 2.24) is 15.0 Å². The summed E-state index contributed by atoms with van der Waals surface area (Å²) in [5.41, 5.74) is 2.15.